The third-order valence-corrected chi connectivity index (χ3v) is 3.39. The Morgan fingerprint density at radius 3 is 2.87 bits per heavy atom. The van der Waals surface area contributed by atoms with E-state index in [2.05, 4.69) is 5.32 Å². The summed E-state index contributed by atoms with van der Waals surface area (Å²) in [7, 11) is 0. The number of hydrogen-bond acceptors (Lipinski definition) is 3. The number of hydrogen-bond donors (Lipinski definition) is 2. The molecular formula is C10H14ClNO2S. The molecule has 84 valence electrons. The van der Waals surface area contributed by atoms with Gasteiger partial charge in [0.05, 0.1) is 10.3 Å². The zero-order valence-corrected chi connectivity index (χ0v) is 10.1. The van der Waals surface area contributed by atoms with Crippen molar-refractivity contribution in [3.05, 3.63) is 21.3 Å². The minimum atomic E-state index is -0.741. The molecule has 0 bridgehead atoms. The molecular weight excluding hydrogens is 234 g/mol. The van der Waals surface area contributed by atoms with E-state index in [4.69, 9.17) is 16.7 Å². The fraction of sp³-hybridized carbons (Fsp3) is 0.500. The first kappa shape index (κ1) is 12.5. The molecule has 1 rings (SSSR count). The van der Waals surface area contributed by atoms with E-state index in [-0.39, 0.29) is 5.92 Å². The SMILES string of the molecule is CCC(CNCc1ccc(Cl)s1)C(=O)O. The quantitative estimate of drug-likeness (QED) is 0.813. The second kappa shape index (κ2) is 6.10. The van der Waals surface area contributed by atoms with Crippen LogP contribution in [0, 0.1) is 5.92 Å². The molecule has 1 heterocycles. The second-order valence-corrected chi connectivity index (χ2v) is 5.08. The molecule has 15 heavy (non-hydrogen) atoms. The van der Waals surface area contributed by atoms with E-state index in [1.165, 1.54) is 11.3 Å². The summed E-state index contributed by atoms with van der Waals surface area (Å²) in [5.74, 6) is -1.05. The van der Waals surface area contributed by atoms with Crippen molar-refractivity contribution in [1.82, 2.24) is 5.32 Å². The highest BCUT2D eigenvalue weighted by atomic mass is 35.5. The van der Waals surface area contributed by atoms with Crippen molar-refractivity contribution in [3.8, 4) is 0 Å². The van der Waals surface area contributed by atoms with Crippen molar-refractivity contribution in [2.24, 2.45) is 5.92 Å². The summed E-state index contributed by atoms with van der Waals surface area (Å²) in [4.78, 5) is 11.8. The summed E-state index contributed by atoms with van der Waals surface area (Å²) in [6.07, 6.45) is 0.646. The molecule has 5 heteroatoms. The molecule has 2 N–H and O–H groups in total. The fourth-order valence-corrected chi connectivity index (χ4v) is 2.28. The van der Waals surface area contributed by atoms with Crippen molar-refractivity contribution in [3.63, 3.8) is 0 Å². The van der Waals surface area contributed by atoms with Gasteiger partial charge >= 0.3 is 5.97 Å². The fourth-order valence-electron chi connectivity index (χ4n) is 1.22. The Balaban J connectivity index is 2.29. The molecule has 3 nitrogen and oxygen atoms in total. The highest BCUT2D eigenvalue weighted by Crippen LogP contribution is 2.21. The van der Waals surface area contributed by atoms with Crippen LogP contribution < -0.4 is 5.32 Å². The minimum Gasteiger partial charge on any atom is -0.481 e. The summed E-state index contributed by atoms with van der Waals surface area (Å²) in [6.45, 7) is 3.06. The van der Waals surface area contributed by atoms with Crippen molar-refractivity contribution >= 4 is 28.9 Å². The molecule has 0 fully saturated rings. The maximum Gasteiger partial charge on any atom is 0.307 e. The van der Waals surface area contributed by atoms with Gasteiger partial charge in [-0.2, -0.15) is 0 Å². The summed E-state index contributed by atoms with van der Waals surface area (Å²) in [6, 6.07) is 3.79. The summed E-state index contributed by atoms with van der Waals surface area (Å²) in [5.41, 5.74) is 0. The maximum absolute atomic E-state index is 10.7. The molecule has 0 aliphatic carbocycles. The first-order valence-corrected chi connectivity index (χ1v) is 6.00. The average Bonchev–Trinajstić information content (AvgIpc) is 2.58. The lowest BCUT2D eigenvalue weighted by Crippen LogP contribution is -2.27. The molecule has 1 aromatic heterocycles. The van der Waals surface area contributed by atoms with E-state index in [0.717, 1.165) is 9.21 Å². The smallest absolute Gasteiger partial charge is 0.307 e. The molecule has 1 aromatic rings. The number of halogens is 1. The number of carboxylic acid groups (broad SMARTS) is 1. The van der Waals surface area contributed by atoms with Crippen LogP contribution in [0.15, 0.2) is 12.1 Å². The minimum absolute atomic E-state index is 0.305. The Bertz CT molecular complexity index is 327. The van der Waals surface area contributed by atoms with Crippen molar-refractivity contribution in [2.45, 2.75) is 19.9 Å². The average molecular weight is 248 g/mol. The zero-order chi connectivity index (χ0) is 11.3. The van der Waals surface area contributed by atoms with Crippen LogP contribution in [0.1, 0.15) is 18.2 Å². The van der Waals surface area contributed by atoms with E-state index in [1.807, 2.05) is 19.1 Å². The van der Waals surface area contributed by atoms with Gasteiger partial charge in [0.2, 0.25) is 0 Å². The monoisotopic (exact) mass is 247 g/mol. The lowest BCUT2D eigenvalue weighted by molar-refractivity contribution is -0.141. The Hall–Kier alpha value is -0.580. The van der Waals surface area contributed by atoms with E-state index >= 15 is 0 Å². The van der Waals surface area contributed by atoms with Crippen LogP contribution in [-0.2, 0) is 11.3 Å². The highest BCUT2D eigenvalue weighted by molar-refractivity contribution is 7.16. The van der Waals surface area contributed by atoms with E-state index < -0.39 is 5.97 Å². The molecule has 0 aliphatic rings. The molecule has 0 amide bonds. The number of rotatable bonds is 6. The van der Waals surface area contributed by atoms with Crippen LogP contribution in [0.3, 0.4) is 0 Å². The Morgan fingerprint density at radius 2 is 2.40 bits per heavy atom. The maximum atomic E-state index is 10.7. The normalized spacial score (nSPS) is 12.7. The number of carboxylic acids is 1. The molecule has 1 atom stereocenters. The predicted octanol–water partition coefficient (Wildman–Crippen LogP) is 2.60. The van der Waals surface area contributed by atoms with Crippen molar-refractivity contribution in [2.75, 3.05) is 6.54 Å². The lowest BCUT2D eigenvalue weighted by Gasteiger charge is -2.09. The van der Waals surface area contributed by atoms with Gasteiger partial charge in [-0.1, -0.05) is 18.5 Å². The van der Waals surface area contributed by atoms with Gasteiger partial charge in [0, 0.05) is 18.0 Å². The Morgan fingerprint density at radius 1 is 1.67 bits per heavy atom. The predicted molar refractivity (Wildman–Crippen MR) is 62.5 cm³/mol. The van der Waals surface area contributed by atoms with Crippen LogP contribution >= 0.6 is 22.9 Å². The first-order valence-electron chi connectivity index (χ1n) is 4.81. The van der Waals surface area contributed by atoms with Crippen LogP contribution in [0.4, 0.5) is 0 Å². The van der Waals surface area contributed by atoms with Crippen LogP contribution in [-0.4, -0.2) is 17.6 Å². The van der Waals surface area contributed by atoms with Crippen LogP contribution in [0.2, 0.25) is 4.34 Å². The summed E-state index contributed by atoms with van der Waals surface area (Å²) < 4.78 is 0.761. The van der Waals surface area contributed by atoms with E-state index in [0.29, 0.717) is 19.5 Å². The van der Waals surface area contributed by atoms with E-state index in [1.54, 1.807) is 0 Å². The number of thiophene rings is 1. The van der Waals surface area contributed by atoms with Gasteiger partial charge in [0.1, 0.15) is 0 Å². The standard InChI is InChI=1S/C10H14ClNO2S/c1-2-7(10(13)14)5-12-6-8-3-4-9(11)15-8/h3-4,7,12H,2,5-6H2,1H3,(H,13,14). The molecule has 1 unspecified atom stereocenters. The molecule has 0 saturated carbocycles. The molecule has 0 radical (unpaired) electrons. The van der Waals surface area contributed by atoms with Gasteiger partial charge in [-0.25, -0.2) is 0 Å². The van der Waals surface area contributed by atoms with Gasteiger partial charge in [0.15, 0.2) is 0 Å². The van der Waals surface area contributed by atoms with Gasteiger partial charge in [-0.15, -0.1) is 11.3 Å². The third kappa shape index (κ3) is 4.20. The van der Waals surface area contributed by atoms with E-state index in [9.17, 15) is 4.79 Å². The Labute approximate surface area is 98.1 Å². The van der Waals surface area contributed by atoms with Gasteiger partial charge < -0.3 is 10.4 Å². The zero-order valence-electron chi connectivity index (χ0n) is 8.50. The molecule has 0 aliphatic heterocycles. The van der Waals surface area contributed by atoms with Crippen LogP contribution in [0.25, 0.3) is 0 Å². The number of carbonyl (C=O) groups is 1. The number of aliphatic carboxylic acids is 1. The third-order valence-electron chi connectivity index (χ3n) is 2.16. The summed E-state index contributed by atoms with van der Waals surface area (Å²) in [5, 5.41) is 11.9. The van der Waals surface area contributed by atoms with Crippen molar-refractivity contribution in [1.29, 1.82) is 0 Å². The van der Waals surface area contributed by atoms with Gasteiger partial charge in [0.25, 0.3) is 0 Å². The Kier molecular flexibility index (Phi) is 5.08. The second-order valence-electron chi connectivity index (χ2n) is 3.28. The van der Waals surface area contributed by atoms with Crippen LogP contribution in [0.5, 0.6) is 0 Å². The summed E-state index contributed by atoms with van der Waals surface area (Å²) >= 11 is 7.29. The topological polar surface area (TPSA) is 49.3 Å². The molecule has 0 saturated heterocycles. The van der Waals surface area contributed by atoms with Crippen molar-refractivity contribution < 1.29 is 9.90 Å². The molecule has 0 aromatic carbocycles. The highest BCUT2D eigenvalue weighted by Gasteiger charge is 2.13. The largest absolute Gasteiger partial charge is 0.481 e. The molecule has 0 spiro atoms. The lowest BCUT2D eigenvalue weighted by atomic mass is 10.1. The number of nitrogens with one attached hydrogen (secondary N) is 1. The van der Waals surface area contributed by atoms with Gasteiger partial charge in [-0.05, 0) is 18.6 Å². The van der Waals surface area contributed by atoms with Gasteiger partial charge in [-0.3, -0.25) is 4.79 Å². The first-order chi connectivity index (χ1) is 7.13.